The molecule has 1 N–H and O–H groups in total. The third kappa shape index (κ3) is 3.42. The maximum atomic E-state index is 5.47. The Hall–Kier alpha value is -1.02. The summed E-state index contributed by atoms with van der Waals surface area (Å²) in [6.45, 7) is 5.62. The summed E-state index contributed by atoms with van der Waals surface area (Å²) in [5.74, 6) is 2.57. The molecule has 2 nitrogen and oxygen atoms in total. The summed E-state index contributed by atoms with van der Waals surface area (Å²) in [5.41, 5.74) is 4.24. The first kappa shape index (κ1) is 14.9. The van der Waals surface area contributed by atoms with Crippen molar-refractivity contribution in [2.24, 2.45) is 5.92 Å². The van der Waals surface area contributed by atoms with Crippen molar-refractivity contribution in [1.29, 1.82) is 0 Å². The van der Waals surface area contributed by atoms with Gasteiger partial charge in [-0.1, -0.05) is 18.9 Å². The SMILES string of the molecule is COc1cc(C)c(C2CCCCC2CNC2CC2)cc1C. The molecule has 0 saturated heterocycles. The molecule has 2 saturated carbocycles. The van der Waals surface area contributed by atoms with E-state index in [0.29, 0.717) is 0 Å². The van der Waals surface area contributed by atoms with Crippen molar-refractivity contribution >= 4 is 0 Å². The lowest BCUT2D eigenvalue weighted by Crippen LogP contribution is -2.31. The van der Waals surface area contributed by atoms with E-state index in [9.17, 15) is 0 Å². The van der Waals surface area contributed by atoms with Crippen LogP contribution in [0.15, 0.2) is 12.1 Å². The highest BCUT2D eigenvalue weighted by atomic mass is 16.5. The van der Waals surface area contributed by atoms with Crippen LogP contribution in [0.3, 0.4) is 0 Å². The van der Waals surface area contributed by atoms with Crippen LogP contribution in [-0.4, -0.2) is 19.7 Å². The van der Waals surface area contributed by atoms with Gasteiger partial charge in [0.1, 0.15) is 5.75 Å². The Kier molecular flexibility index (Phi) is 4.54. The van der Waals surface area contributed by atoms with Crippen molar-refractivity contribution in [3.05, 3.63) is 28.8 Å². The van der Waals surface area contributed by atoms with Gasteiger partial charge in [0, 0.05) is 6.04 Å². The highest BCUT2D eigenvalue weighted by molar-refractivity contribution is 5.43. The topological polar surface area (TPSA) is 21.3 Å². The second-order valence-electron chi connectivity index (χ2n) is 7.01. The molecule has 0 amide bonds. The van der Waals surface area contributed by atoms with Gasteiger partial charge in [-0.05, 0) is 80.7 Å². The van der Waals surface area contributed by atoms with Crippen LogP contribution < -0.4 is 10.1 Å². The van der Waals surface area contributed by atoms with E-state index in [2.05, 4.69) is 31.3 Å². The lowest BCUT2D eigenvalue weighted by Gasteiger charge is -2.33. The summed E-state index contributed by atoms with van der Waals surface area (Å²) in [4.78, 5) is 0. The smallest absolute Gasteiger partial charge is 0.122 e. The van der Waals surface area contributed by atoms with E-state index in [1.54, 1.807) is 12.7 Å². The van der Waals surface area contributed by atoms with Gasteiger partial charge in [-0.2, -0.15) is 0 Å². The predicted molar refractivity (Wildman–Crippen MR) is 88.2 cm³/mol. The molecule has 3 rings (SSSR count). The molecule has 2 fully saturated rings. The molecule has 2 unspecified atom stereocenters. The highest BCUT2D eigenvalue weighted by Crippen LogP contribution is 2.40. The molecule has 0 bridgehead atoms. The van der Waals surface area contributed by atoms with E-state index < -0.39 is 0 Å². The van der Waals surface area contributed by atoms with Gasteiger partial charge in [0.25, 0.3) is 0 Å². The molecule has 1 aromatic carbocycles. The van der Waals surface area contributed by atoms with Crippen LogP contribution in [-0.2, 0) is 0 Å². The monoisotopic (exact) mass is 287 g/mol. The van der Waals surface area contributed by atoms with Crippen LogP contribution in [0.4, 0.5) is 0 Å². The van der Waals surface area contributed by atoms with Crippen molar-refractivity contribution in [3.63, 3.8) is 0 Å². The van der Waals surface area contributed by atoms with E-state index in [0.717, 1.165) is 23.6 Å². The van der Waals surface area contributed by atoms with Gasteiger partial charge in [0.05, 0.1) is 7.11 Å². The fourth-order valence-electron chi connectivity index (χ4n) is 3.90. The molecule has 0 radical (unpaired) electrons. The molecule has 1 aromatic rings. The second kappa shape index (κ2) is 6.39. The molecule has 2 aliphatic rings. The molecule has 2 atom stereocenters. The van der Waals surface area contributed by atoms with Gasteiger partial charge in [0.15, 0.2) is 0 Å². The Bertz CT molecular complexity index is 493. The van der Waals surface area contributed by atoms with E-state index in [-0.39, 0.29) is 0 Å². The van der Waals surface area contributed by atoms with Crippen molar-refractivity contribution in [2.45, 2.75) is 64.3 Å². The molecule has 0 heterocycles. The zero-order chi connectivity index (χ0) is 14.8. The number of rotatable bonds is 5. The minimum absolute atomic E-state index is 0.731. The van der Waals surface area contributed by atoms with Crippen molar-refractivity contribution in [3.8, 4) is 5.75 Å². The first-order chi connectivity index (χ1) is 10.2. The highest BCUT2D eigenvalue weighted by Gasteiger charge is 2.30. The molecule has 0 aromatic heterocycles. The Morgan fingerprint density at radius 3 is 2.52 bits per heavy atom. The zero-order valence-corrected chi connectivity index (χ0v) is 13.7. The number of nitrogens with one attached hydrogen (secondary N) is 1. The van der Waals surface area contributed by atoms with E-state index in [1.165, 1.54) is 56.2 Å². The fourth-order valence-corrected chi connectivity index (χ4v) is 3.90. The average molecular weight is 287 g/mol. The Labute approximate surface area is 129 Å². The predicted octanol–water partition coefficient (Wildman–Crippen LogP) is 4.34. The van der Waals surface area contributed by atoms with Crippen LogP contribution in [0.5, 0.6) is 5.75 Å². The van der Waals surface area contributed by atoms with E-state index >= 15 is 0 Å². The molecular weight excluding hydrogens is 258 g/mol. The van der Waals surface area contributed by atoms with Gasteiger partial charge < -0.3 is 10.1 Å². The van der Waals surface area contributed by atoms with Crippen LogP contribution in [0.2, 0.25) is 0 Å². The van der Waals surface area contributed by atoms with Gasteiger partial charge in [0.2, 0.25) is 0 Å². The first-order valence-corrected chi connectivity index (χ1v) is 8.57. The minimum Gasteiger partial charge on any atom is -0.496 e. The van der Waals surface area contributed by atoms with Gasteiger partial charge >= 0.3 is 0 Å². The van der Waals surface area contributed by atoms with Gasteiger partial charge in [-0.15, -0.1) is 0 Å². The maximum absolute atomic E-state index is 5.47. The summed E-state index contributed by atoms with van der Waals surface area (Å²) < 4.78 is 5.47. The average Bonchev–Trinajstić information content (AvgIpc) is 3.32. The maximum Gasteiger partial charge on any atom is 0.122 e. The number of methoxy groups -OCH3 is 1. The number of aryl methyl sites for hydroxylation is 2. The third-order valence-electron chi connectivity index (χ3n) is 5.34. The summed E-state index contributed by atoms with van der Waals surface area (Å²) in [7, 11) is 1.77. The Morgan fingerprint density at radius 1 is 1.05 bits per heavy atom. The third-order valence-corrected chi connectivity index (χ3v) is 5.34. The normalized spacial score (nSPS) is 25.9. The van der Waals surface area contributed by atoms with Gasteiger partial charge in [-0.25, -0.2) is 0 Å². The minimum atomic E-state index is 0.731. The zero-order valence-electron chi connectivity index (χ0n) is 13.7. The lowest BCUT2D eigenvalue weighted by atomic mass is 9.74. The quantitative estimate of drug-likeness (QED) is 0.870. The number of benzene rings is 1. The van der Waals surface area contributed by atoms with Crippen molar-refractivity contribution < 1.29 is 4.74 Å². The molecule has 0 spiro atoms. The molecule has 116 valence electrons. The van der Waals surface area contributed by atoms with Crippen molar-refractivity contribution in [2.75, 3.05) is 13.7 Å². The Balaban J connectivity index is 1.79. The standard InChI is InChI=1S/C19H29NO/c1-13-11-19(21-3)14(2)10-18(13)17-7-5-4-6-15(17)12-20-16-8-9-16/h10-11,15-17,20H,4-9,12H2,1-3H3. The molecular formula is C19H29NO. The summed E-state index contributed by atoms with van der Waals surface area (Å²) >= 11 is 0. The van der Waals surface area contributed by atoms with Crippen molar-refractivity contribution in [1.82, 2.24) is 5.32 Å². The van der Waals surface area contributed by atoms with E-state index in [1.807, 2.05) is 0 Å². The van der Waals surface area contributed by atoms with Crippen LogP contribution in [0.25, 0.3) is 0 Å². The molecule has 2 aliphatic carbocycles. The van der Waals surface area contributed by atoms with Crippen LogP contribution in [0.1, 0.15) is 61.1 Å². The molecule has 21 heavy (non-hydrogen) atoms. The second-order valence-corrected chi connectivity index (χ2v) is 7.01. The fraction of sp³-hybridized carbons (Fsp3) is 0.684. The summed E-state index contributed by atoms with van der Waals surface area (Å²) in [5, 5.41) is 3.76. The number of hydrogen-bond donors (Lipinski definition) is 1. The lowest BCUT2D eigenvalue weighted by molar-refractivity contribution is 0.294. The molecule has 0 aliphatic heterocycles. The number of hydrogen-bond acceptors (Lipinski definition) is 2. The summed E-state index contributed by atoms with van der Waals surface area (Å²) in [6.07, 6.45) is 8.30. The number of ether oxygens (including phenoxy) is 1. The van der Waals surface area contributed by atoms with Crippen LogP contribution in [0, 0.1) is 19.8 Å². The summed E-state index contributed by atoms with van der Waals surface area (Å²) in [6, 6.07) is 5.44. The first-order valence-electron chi connectivity index (χ1n) is 8.57. The Morgan fingerprint density at radius 2 is 1.81 bits per heavy atom. The largest absolute Gasteiger partial charge is 0.496 e. The van der Waals surface area contributed by atoms with E-state index in [4.69, 9.17) is 4.74 Å². The van der Waals surface area contributed by atoms with Crippen LogP contribution >= 0.6 is 0 Å². The van der Waals surface area contributed by atoms with Gasteiger partial charge in [-0.3, -0.25) is 0 Å². The molecule has 2 heteroatoms.